The minimum absolute atomic E-state index is 0.0295. The lowest BCUT2D eigenvalue weighted by Gasteiger charge is -2.18. The first-order chi connectivity index (χ1) is 12.1. The van der Waals surface area contributed by atoms with Gasteiger partial charge in [-0.05, 0) is 42.0 Å². The van der Waals surface area contributed by atoms with Crippen molar-refractivity contribution in [2.75, 3.05) is 26.6 Å². The second-order valence-corrected chi connectivity index (χ2v) is 7.08. The van der Waals surface area contributed by atoms with Crippen LogP contribution in [0.25, 0.3) is 0 Å². The number of methoxy groups -OCH3 is 2. The van der Waals surface area contributed by atoms with Crippen molar-refractivity contribution in [2.45, 2.75) is 11.7 Å². The van der Waals surface area contributed by atoms with Gasteiger partial charge in [0, 0.05) is 28.0 Å². The van der Waals surface area contributed by atoms with Crippen LogP contribution in [0.4, 0.5) is 0 Å². The van der Waals surface area contributed by atoms with Crippen LogP contribution in [0.15, 0.2) is 42.5 Å². The minimum atomic E-state index is -0.0878. The first-order valence-electron chi connectivity index (χ1n) is 7.82. The number of ketones is 1. The molecule has 4 nitrogen and oxygen atoms in total. The van der Waals surface area contributed by atoms with Crippen molar-refractivity contribution in [1.82, 2.24) is 0 Å². The van der Waals surface area contributed by atoms with E-state index in [-0.39, 0.29) is 17.6 Å². The SMILES string of the molecule is COc1ccc([C@@H](CC(=O)c2ccc(Cl)cc2)SCCO)cc1OC. The molecule has 0 fully saturated rings. The third-order valence-corrected chi connectivity index (χ3v) is 5.24. The fourth-order valence-electron chi connectivity index (χ4n) is 2.44. The van der Waals surface area contributed by atoms with Crippen molar-refractivity contribution in [3.63, 3.8) is 0 Å². The first kappa shape index (κ1) is 19.6. The summed E-state index contributed by atoms with van der Waals surface area (Å²) in [4.78, 5) is 12.6. The number of carbonyl (C=O) groups is 1. The van der Waals surface area contributed by atoms with Crippen LogP contribution in [0.5, 0.6) is 11.5 Å². The highest BCUT2D eigenvalue weighted by atomic mass is 35.5. The maximum Gasteiger partial charge on any atom is 0.164 e. The van der Waals surface area contributed by atoms with Gasteiger partial charge in [-0.3, -0.25) is 4.79 Å². The number of carbonyl (C=O) groups excluding carboxylic acids is 1. The van der Waals surface area contributed by atoms with E-state index in [2.05, 4.69) is 0 Å². The molecule has 0 heterocycles. The van der Waals surface area contributed by atoms with Gasteiger partial charge in [-0.1, -0.05) is 17.7 Å². The zero-order valence-corrected chi connectivity index (χ0v) is 15.8. The predicted molar refractivity (Wildman–Crippen MR) is 102 cm³/mol. The fraction of sp³-hybridized carbons (Fsp3) is 0.316. The second kappa shape index (κ2) is 9.70. The molecule has 0 unspecified atom stereocenters. The van der Waals surface area contributed by atoms with Crippen molar-refractivity contribution in [3.05, 3.63) is 58.6 Å². The highest BCUT2D eigenvalue weighted by Gasteiger charge is 2.19. The molecule has 2 rings (SSSR count). The lowest BCUT2D eigenvalue weighted by atomic mass is 10.0. The summed E-state index contributed by atoms with van der Waals surface area (Å²) in [6.07, 6.45) is 0.321. The molecule has 0 saturated heterocycles. The molecular weight excluding hydrogens is 360 g/mol. The van der Waals surface area contributed by atoms with E-state index >= 15 is 0 Å². The number of aliphatic hydroxyl groups is 1. The van der Waals surface area contributed by atoms with Gasteiger partial charge in [-0.15, -0.1) is 0 Å². The summed E-state index contributed by atoms with van der Waals surface area (Å²) in [6.45, 7) is 0.0591. The highest BCUT2D eigenvalue weighted by molar-refractivity contribution is 7.99. The number of hydrogen-bond donors (Lipinski definition) is 1. The molecule has 0 aromatic heterocycles. The molecule has 0 aliphatic heterocycles. The van der Waals surface area contributed by atoms with Gasteiger partial charge in [0.1, 0.15) is 0 Å². The van der Waals surface area contributed by atoms with Crippen LogP contribution in [0.1, 0.15) is 27.6 Å². The lowest BCUT2D eigenvalue weighted by molar-refractivity contribution is 0.0982. The summed E-state index contributed by atoms with van der Waals surface area (Å²) in [5.74, 6) is 1.84. The zero-order valence-electron chi connectivity index (χ0n) is 14.2. The monoisotopic (exact) mass is 380 g/mol. The summed E-state index contributed by atoms with van der Waals surface area (Å²) < 4.78 is 10.6. The Morgan fingerprint density at radius 1 is 1.12 bits per heavy atom. The summed E-state index contributed by atoms with van der Waals surface area (Å²) in [5.41, 5.74) is 1.58. The quantitative estimate of drug-likeness (QED) is 0.653. The number of hydrogen-bond acceptors (Lipinski definition) is 5. The van der Waals surface area contributed by atoms with Crippen LogP contribution in [-0.4, -0.2) is 37.5 Å². The number of ether oxygens (including phenoxy) is 2. The molecule has 0 aliphatic carbocycles. The van der Waals surface area contributed by atoms with Gasteiger partial charge in [0.15, 0.2) is 17.3 Å². The third-order valence-electron chi connectivity index (χ3n) is 3.73. The standard InChI is InChI=1S/C19H21ClO4S/c1-23-17-8-5-14(11-18(17)24-2)19(25-10-9-21)12-16(22)13-3-6-15(20)7-4-13/h3-8,11,19,21H,9-10,12H2,1-2H3/t19-/m1/s1. The van der Waals surface area contributed by atoms with E-state index in [9.17, 15) is 4.79 Å². The Kier molecular flexibility index (Phi) is 7.62. The van der Waals surface area contributed by atoms with Gasteiger partial charge in [0.25, 0.3) is 0 Å². The highest BCUT2D eigenvalue weighted by Crippen LogP contribution is 2.38. The Balaban J connectivity index is 2.23. The Morgan fingerprint density at radius 3 is 2.40 bits per heavy atom. The molecule has 0 radical (unpaired) electrons. The van der Waals surface area contributed by atoms with Gasteiger partial charge in [-0.2, -0.15) is 11.8 Å². The fourth-order valence-corrected chi connectivity index (χ4v) is 3.57. The van der Waals surface area contributed by atoms with Crippen LogP contribution in [-0.2, 0) is 0 Å². The molecule has 0 saturated carbocycles. The van der Waals surface area contributed by atoms with Crippen molar-refractivity contribution < 1.29 is 19.4 Å². The number of aliphatic hydroxyl groups excluding tert-OH is 1. The number of Topliss-reactive ketones (excluding diaryl/α,β-unsaturated/α-hetero) is 1. The number of halogens is 1. The van der Waals surface area contributed by atoms with Crippen LogP contribution in [0.2, 0.25) is 5.02 Å². The Hall–Kier alpha value is -1.69. The second-order valence-electron chi connectivity index (χ2n) is 5.33. The summed E-state index contributed by atoms with van der Waals surface area (Å²) in [6, 6.07) is 12.5. The van der Waals surface area contributed by atoms with Gasteiger partial charge < -0.3 is 14.6 Å². The molecule has 0 bridgehead atoms. The van der Waals surface area contributed by atoms with Crippen LogP contribution in [0.3, 0.4) is 0 Å². The molecule has 1 N–H and O–H groups in total. The van der Waals surface area contributed by atoms with E-state index < -0.39 is 0 Å². The average molecular weight is 381 g/mol. The largest absolute Gasteiger partial charge is 0.493 e. The van der Waals surface area contributed by atoms with Crippen molar-refractivity contribution in [2.24, 2.45) is 0 Å². The predicted octanol–water partition coefficient (Wildman–Crippen LogP) is 4.40. The van der Waals surface area contributed by atoms with Gasteiger partial charge in [-0.25, -0.2) is 0 Å². The van der Waals surface area contributed by atoms with Crippen LogP contribution in [0, 0.1) is 0 Å². The summed E-state index contributed by atoms with van der Waals surface area (Å²) in [7, 11) is 3.16. The summed E-state index contributed by atoms with van der Waals surface area (Å²) in [5, 5.41) is 9.67. The van der Waals surface area contributed by atoms with E-state index in [0.29, 0.717) is 34.3 Å². The van der Waals surface area contributed by atoms with Crippen molar-refractivity contribution in [3.8, 4) is 11.5 Å². The van der Waals surface area contributed by atoms with E-state index in [0.717, 1.165) is 5.56 Å². The Labute approximate surface area is 157 Å². The molecule has 134 valence electrons. The zero-order chi connectivity index (χ0) is 18.2. The van der Waals surface area contributed by atoms with E-state index in [1.54, 1.807) is 50.2 Å². The molecule has 6 heteroatoms. The third kappa shape index (κ3) is 5.39. The molecule has 25 heavy (non-hydrogen) atoms. The number of rotatable bonds is 9. The summed E-state index contributed by atoms with van der Waals surface area (Å²) >= 11 is 7.42. The molecule has 2 aromatic carbocycles. The van der Waals surface area contributed by atoms with Gasteiger partial charge in [0.2, 0.25) is 0 Å². The molecular formula is C19H21ClO4S. The molecule has 2 aromatic rings. The maximum absolute atomic E-state index is 12.6. The van der Waals surface area contributed by atoms with Crippen LogP contribution >= 0.6 is 23.4 Å². The van der Waals surface area contributed by atoms with Gasteiger partial charge in [0.05, 0.1) is 20.8 Å². The lowest BCUT2D eigenvalue weighted by Crippen LogP contribution is -2.07. The van der Waals surface area contributed by atoms with Crippen molar-refractivity contribution >= 4 is 29.1 Å². The Bertz CT molecular complexity index is 703. The van der Waals surface area contributed by atoms with Gasteiger partial charge >= 0.3 is 0 Å². The average Bonchev–Trinajstić information content (AvgIpc) is 2.64. The molecule has 0 amide bonds. The van der Waals surface area contributed by atoms with E-state index in [4.69, 9.17) is 26.2 Å². The molecule has 0 aliphatic rings. The van der Waals surface area contributed by atoms with Crippen molar-refractivity contribution in [1.29, 1.82) is 0 Å². The smallest absolute Gasteiger partial charge is 0.164 e. The van der Waals surface area contributed by atoms with E-state index in [1.807, 2.05) is 18.2 Å². The minimum Gasteiger partial charge on any atom is -0.493 e. The first-order valence-corrected chi connectivity index (χ1v) is 9.25. The molecule has 0 spiro atoms. The van der Waals surface area contributed by atoms with Crippen LogP contribution < -0.4 is 9.47 Å². The normalized spacial score (nSPS) is 11.8. The topological polar surface area (TPSA) is 55.8 Å². The Morgan fingerprint density at radius 2 is 1.80 bits per heavy atom. The maximum atomic E-state index is 12.6. The molecule has 1 atom stereocenters. The number of thioether (sulfide) groups is 1. The van der Waals surface area contributed by atoms with E-state index in [1.165, 1.54) is 0 Å². The number of benzene rings is 2.